The number of hydrogen-bond donors (Lipinski definition) is 2. The summed E-state index contributed by atoms with van der Waals surface area (Å²) in [4.78, 5) is 25.6. The van der Waals surface area contributed by atoms with Crippen LogP contribution in [0.2, 0.25) is 0 Å². The van der Waals surface area contributed by atoms with E-state index in [1.54, 1.807) is 0 Å². The van der Waals surface area contributed by atoms with E-state index in [0.717, 1.165) is 25.5 Å². The van der Waals surface area contributed by atoms with Gasteiger partial charge < -0.3 is 10.6 Å². The van der Waals surface area contributed by atoms with Gasteiger partial charge in [0.15, 0.2) is 0 Å². The van der Waals surface area contributed by atoms with E-state index in [9.17, 15) is 14.0 Å². The fourth-order valence-corrected chi connectivity index (χ4v) is 2.66. The Labute approximate surface area is 135 Å². The van der Waals surface area contributed by atoms with Crippen molar-refractivity contribution in [2.45, 2.75) is 32.2 Å². The molecule has 1 aromatic rings. The van der Waals surface area contributed by atoms with Gasteiger partial charge in [0, 0.05) is 11.7 Å². The van der Waals surface area contributed by atoms with Gasteiger partial charge in [-0.15, -0.1) is 0 Å². The molecule has 1 saturated heterocycles. The van der Waals surface area contributed by atoms with Gasteiger partial charge in [-0.05, 0) is 50.6 Å². The molecule has 0 aliphatic carbocycles. The monoisotopic (exact) mass is 319 g/mol. The SMILES string of the molecule is C=CC(=O)Nc1cc(NC(=O)CN2CCCCC2C)ccc1F. The van der Waals surface area contributed by atoms with Crippen molar-refractivity contribution >= 4 is 23.2 Å². The third-order valence-corrected chi connectivity index (χ3v) is 3.98. The number of nitrogens with zero attached hydrogens (tertiary/aromatic N) is 1. The first-order chi connectivity index (χ1) is 11.0. The summed E-state index contributed by atoms with van der Waals surface area (Å²) in [7, 11) is 0. The molecule has 0 spiro atoms. The lowest BCUT2D eigenvalue weighted by Gasteiger charge is -2.32. The smallest absolute Gasteiger partial charge is 0.247 e. The van der Waals surface area contributed by atoms with Crippen LogP contribution in [0, 0.1) is 5.82 Å². The number of carbonyl (C=O) groups excluding carboxylic acids is 2. The van der Waals surface area contributed by atoms with Gasteiger partial charge >= 0.3 is 0 Å². The van der Waals surface area contributed by atoms with E-state index in [1.807, 2.05) is 0 Å². The molecular formula is C17H22FN3O2. The van der Waals surface area contributed by atoms with Crippen molar-refractivity contribution in [3.8, 4) is 0 Å². The Bertz CT molecular complexity index is 604. The van der Waals surface area contributed by atoms with Gasteiger partial charge in [0.2, 0.25) is 11.8 Å². The first-order valence-electron chi connectivity index (χ1n) is 7.76. The van der Waals surface area contributed by atoms with Crippen molar-refractivity contribution in [1.29, 1.82) is 0 Å². The molecular weight excluding hydrogens is 297 g/mol. The summed E-state index contributed by atoms with van der Waals surface area (Å²) in [5.74, 6) is -1.22. The average molecular weight is 319 g/mol. The fraction of sp³-hybridized carbons (Fsp3) is 0.412. The summed E-state index contributed by atoms with van der Waals surface area (Å²) < 4.78 is 13.7. The molecule has 6 heteroatoms. The summed E-state index contributed by atoms with van der Waals surface area (Å²) in [6.07, 6.45) is 4.46. The summed E-state index contributed by atoms with van der Waals surface area (Å²) in [5.41, 5.74) is 0.458. The van der Waals surface area contributed by atoms with E-state index in [1.165, 1.54) is 24.6 Å². The maximum atomic E-state index is 13.7. The second-order valence-electron chi connectivity index (χ2n) is 5.75. The highest BCUT2D eigenvalue weighted by Crippen LogP contribution is 2.20. The second-order valence-corrected chi connectivity index (χ2v) is 5.75. The first kappa shape index (κ1) is 17.1. The van der Waals surface area contributed by atoms with E-state index in [4.69, 9.17) is 0 Å². The molecule has 0 radical (unpaired) electrons. The average Bonchev–Trinajstić information content (AvgIpc) is 2.52. The normalized spacial score (nSPS) is 18.3. The van der Waals surface area contributed by atoms with E-state index >= 15 is 0 Å². The van der Waals surface area contributed by atoms with Crippen LogP contribution >= 0.6 is 0 Å². The van der Waals surface area contributed by atoms with Crippen LogP contribution in [-0.2, 0) is 9.59 Å². The van der Waals surface area contributed by atoms with Crippen LogP contribution < -0.4 is 10.6 Å². The first-order valence-corrected chi connectivity index (χ1v) is 7.76. The number of anilines is 2. The van der Waals surface area contributed by atoms with Crippen molar-refractivity contribution < 1.29 is 14.0 Å². The molecule has 2 amide bonds. The zero-order valence-electron chi connectivity index (χ0n) is 13.3. The van der Waals surface area contributed by atoms with Gasteiger partial charge in [0.25, 0.3) is 0 Å². The zero-order valence-corrected chi connectivity index (χ0v) is 13.3. The van der Waals surface area contributed by atoms with Crippen LogP contribution in [0.3, 0.4) is 0 Å². The summed E-state index contributed by atoms with van der Waals surface area (Å²) in [5, 5.41) is 5.11. The molecule has 2 N–H and O–H groups in total. The number of nitrogens with one attached hydrogen (secondary N) is 2. The lowest BCUT2D eigenvalue weighted by Crippen LogP contribution is -2.42. The Morgan fingerprint density at radius 2 is 2.17 bits per heavy atom. The van der Waals surface area contributed by atoms with Gasteiger partial charge in [-0.3, -0.25) is 14.5 Å². The van der Waals surface area contributed by atoms with Gasteiger partial charge in [-0.25, -0.2) is 4.39 Å². The topological polar surface area (TPSA) is 61.4 Å². The second kappa shape index (κ2) is 7.87. The van der Waals surface area contributed by atoms with Crippen molar-refractivity contribution in [2.75, 3.05) is 23.7 Å². The molecule has 0 saturated carbocycles. The predicted octanol–water partition coefficient (Wildman–Crippen LogP) is 2.76. The van der Waals surface area contributed by atoms with E-state index in [-0.39, 0.29) is 11.6 Å². The number of halogens is 1. The molecule has 1 atom stereocenters. The molecule has 1 aliphatic rings. The summed E-state index contributed by atoms with van der Waals surface area (Å²) >= 11 is 0. The molecule has 23 heavy (non-hydrogen) atoms. The minimum atomic E-state index is -0.567. The van der Waals surface area contributed by atoms with Crippen LogP contribution in [0.5, 0.6) is 0 Å². The van der Waals surface area contributed by atoms with E-state index < -0.39 is 11.7 Å². The van der Waals surface area contributed by atoms with Crippen LogP contribution in [0.1, 0.15) is 26.2 Å². The zero-order chi connectivity index (χ0) is 16.8. The van der Waals surface area contributed by atoms with Crippen molar-refractivity contribution in [3.63, 3.8) is 0 Å². The highest BCUT2D eigenvalue weighted by Gasteiger charge is 2.20. The molecule has 1 aromatic carbocycles. The largest absolute Gasteiger partial charge is 0.325 e. The molecule has 1 fully saturated rings. The van der Waals surface area contributed by atoms with Gasteiger partial charge in [0.05, 0.1) is 12.2 Å². The lowest BCUT2D eigenvalue weighted by molar-refractivity contribution is -0.118. The Morgan fingerprint density at radius 3 is 2.87 bits per heavy atom. The molecule has 1 heterocycles. The maximum absolute atomic E-state index is 13.7. The van der Waals surface area contributed by atoms with E-state index in [0.29, 0.717) is 18.3 Å². The van der Waals surface area contributed by atoms with Crippen LogP contribution in [0.4, 0.5) is 15.8 Å². The Morgan fingerprint density at radius 1 is 1.39 bits per heavy atom. The van der Waals surface area contributed by atoms with Crippen molar-refractivity contribution in [2.24, 2.45) is 0 Å². The summed E-state index contributed by atoms with van der Waals surface area (Å²) in [6, 6.07) is 4.47. The van der Waals surface area contributed by atoms with Crippen LogP contribution in [0.15, 0.2) is 30.9 Å². The predicted molar refractivity (Wildman–Crippen MR) is 88.7 cm³/mol. The molecule has 1 aliphatic heterocycles. The number of rotatable bonds is 5. The Hall–Kier alpha value is -2.21. The fourth-order valence-electron chi connectivity index (χ4n) is 2.66. The molecule has 1 unspecified atom stereocenters. The minimum Gasteiger partial charge on any atom is -0.325 e. The highest BCUT2D eigenvalue weighted by atomic mass is 19.1. The quantitative estimate of drug-likeness (QED) is 0.820. The number of amides is 2. The van der Waals surface area contributed by atoms with Crippen molar-refractivity contribution in [3.05, 3.63) is 36.7 Å². The van der Waals surface area contributed by atoms with E-state index in [2.05, 4.69) is 29.0 Å². The minimum absolute atomic E-state index is 0.0130. The number of benzene rings is 1. The third kappa shape index (κ3) is 4.89. The molecule has 5 nitrogen and oxygen atoms in total. The Balaban J connectivity index is 1.98. The number of carbonyl (C=O) groups is 2. The van der Waals surface area contributed by atoms with Gasteiger partial charge in [-0.2, -0.15) is 0 Å². The molecule has 124 valence electrons. The van der Waals surface area contributed by atoms with Gasteiger partial charge in [0.1, 0.15) is 5.82 Å². The summed E-state index contributed by atoms with van der Waals surface area (Å²) in [6.45, 7) is 6.67. The standard InChI is InChI=1S/C17H22FN3O2/c1-3-16(22)20-15-10-13(7-8-14(15)18)19-17(23)11-21-9-5-4-6-12(21)2/h3,7-8,10,12H,1,4-6,9,11H2,2H3,(H,19,23)(H,20,22). The van der Waals surface area contributed by atoms with Crippen LogP contribution in [-0.4, -0.2) is 35.8 Å². The molecule has 2 rings (SSSR count). The van der Waals surface area contributed by atoms with Crippen molar-refractivity contribution in [1.82, 2.24) is 4.90 Å². The number of hydrogen-bond acceptors (Lipinski definition) is 3. The number of likely N-dealkylation sites (tertiary alicyclic amines) is 1. The molecule has 0 bridgehead atoms. The highest BCUT2D eigenvalue weighted by molar-refractivity contribution is 6.00. The molecule has 0 aromatic heterocycles. The van der Waals surface area contributed by atoms with Crippen LogP contribution in [0.25, 0.3) is 0 Å². The Kier molecular flexibility index (Phi) is 5.87. The lowest BCUT2D eigenvalue weighted by atomic mass is 10.0. The maximum Gasteiger partial charge on any atom is 0.247 e. The number of piperidine rings is 1. The third-order valence-electron chi connectivity index (χ3n) is 3.98. The van der Waals surface area contributed by atoms with Gasteiger partial charge in [-0.1, -0.05) is 13.0 Å².